The van der Waals surface area contributed by atoms with Crippen molar-refractivity contribution in [1.82, 2.24) is 19.9 Å². The first-order valence-electron chi connectivity index (χ1n) is 10.7. The Balaban J connectivity index is 1.31. The number of carbonyl (C=O) groups is 1. The second-order valence-corrected chi connectivity index (χ2v) is 8.08. The van der Waals surface area contributed by atoms with Gasteiger partial charge >= 0.3 is 0 Å². The summed E-state index contributed by atoms with van der Waals surface area (Å²) in [6.07, 6.45) is 7.37. The lowest BCUT2D eigenvalue weighted by Gasteiger charge is -2.31. The number of ether oxygens (including phenoxy) is 1. The second-order valence-electron chi connectivity index (χ2n) is 8.08. The first-order chi connectivity index (χ1) is 15.6. The highest BCUT2D eigenvalue weighted by Crippen LogP contribution is 2.30. The molecule has 0 amide bonds. The summed E-state index contributed by atoms with van der Waals surface area (Å²) in [6, 6.07) is 2.78. The topological polar surface area (TPSA) is 110 Å². The van der Waals surface area contributed by atoms with Gasteiger partial charge in [0.1, 0.15) is 12.1 Å². The van der Waals surface area contributed by atoms with E-state index in [4.69, 9.17) is 9.15 Å². The molecule has 0 bridgehead atoms. The number of oxazole rings is 1. The lowest BCUT2D eigenvalue weighted by Crippen LogP contribution is -2.33. The molecule has 5 heterocycles. The van der Waals surface area contributed by atoms with Gasteiger partial charge in [-0.3, -0.25) is 4.79 Å². The number of hydrogen-bond acceptors (Lipinski definition) is 10. The molecule has 1 unspecified atom stereocenters. The highest BCUT2D eigenvalue weighted by molar-refractivity contribution is 5.70. The molecule has 32 heavy (non-hydrogen) atoms. The summed E-state index contributed by atoms with van der Waals surface area (Å²) in [5.41, 5.74) is 4.26. The molecule has 5 rings (SSSR count). The van der Waals surface area contributed by atoms with Gasteiger partial charge in [-0.15, -0.1) is 0 Å². The van der Waals surface area contributed by atoms with Gasteiger partial charge in [-0.2, -0.15) is 0 Å². The van der Waals surface area contributed by atoms with Crippen LogP contribution in [0, 0.1) is 6.92 Å². The molecule has 1 N–H and O–H groups in total. The van der Waals surface area contributed by atoms with Crippen LogP contribution < -0.4 is 19.9 Å². The molecule has 2 aliphatic heterocycles. The summed E-state index contributed by atoms with van der Waals surface area (Å²) < 4.78 is 10.8. The number of nitrogens with zero attached hydrogens (tertiary/aromatic N) is 6. The number of rotatable bonds is 6. The van der Waals surface area contributed by atoms with E-state index in [0.717, 1.165) is 60.8 Å². The molecule has 10 nitrogen and oxygen atoms in total. The molecular weight excluding hydrogens is 410 g/mol. The van der Waals surface area contributed by atoms with Gasteiger partial charge < -0.3 is 24.3 Å². The average molecular weight is 435 g/mol. The first kappa shape index (κ1) is 20.2. The Morgan fingerprint density at radius 2 is 2.09 bits per heavy atom. The van der Waals surface area contributed by atoms with Crippen molar-refractivity contribution < 1.29 is 13.9 Å². The Hall–Kier alpha value is -3.69. The van der Waals surface area contributed by atoms with Crippen LogP contribution in [0.5, 0.6) is 5.88 Å². The second kappa shape index (κ2) is 8.45. The fourth-order valence-electron chi connectivity index (χ4n) is 4.34. The zero-order chi connectivity index (χ0) is 22.1. The average Bonchev–Trinajstić information content (AvgIpc) is 3.48. The van der Waals surface area contributed by atoms with Gasteiger partial charge in [-0.25, -0.2) is 19.9 Å². The number of carbonyl (C=O) groups excluding carboxylic acids is 1. The maximum absolute atomic E-state index is 10.9. The standard InChI is InChI=1S/C22H25N7O3/c1-14-7-16(8-23-21(14)31-2)28-6-4-19-18(11-28)20(26-13-25-19)27-15-3-5-29(10-15)22-24-9-17(12-30)32-22/h7-9,12-13,15H,3-6,10-11H2,1-2H3,(H,25,26,27). The van der Waals surface area contributed by atoms with E-state index in [0.29, 0.717) is 24.7 Å². The van der Waals surface area contributed by atoms with Crippen molar-refractivity contribution in [3.05, 3.63) is 47.4 Å². The summed E-state index contributed by atoms with van der Waals surface area (Å²) in [5.74, 6) is 1.75. The molecule has 2 aliphatic rings. The van der Waals surface area contributed by atoms with E-state index >= 15 is 0 Å². The zero-order valence-corrected chi connectivity index (χ0v) is 18.1. The lowest BCUT2D eigenvalue weighted by molar-refractivity contribution is 0.110. The Kier molecular flexibility index (Phi) is 5.34. The van der Waals surface area contributed by atoms with E-state index in [1.54, 1.807) is 13.4 Å². The highest BCUT2D eigenvalue weighted by atomic mass is 16.5. The molecule has 166 valence electrons. The van der Waals surface area contributed by atoms with Crippen molar-refractivity contribution in [2.24, 2.45) is 0 Å². The molecule has 0 aromatic carbocycles. The molecule has 1 atom stereocenters. The molecule has 0 spiro atoms. The minimum Gasteiger partial charge on any atom is -0.481 e. The van der Waals surface area contributed by atoms with Crippen molar-refractivity contribution in [3.8, 4) is 5.88 Å². The lowest BCUT2D eigenvalue weighted by atomic mass is 10.0. The predicted octanol–water partition coefficient (Wildman–Crippen LogP) is 2.24. The molecule has 3 aromatic rings. The Bertz CT molecular complexity index is 1130. The molecular formula is C22H25N7O3. The number of aldehydes is 1. The Morgan fingerprint density at radius 1 is 1.19 bits per heavy atom. The summed E-state index contributed by atoms with van der Waals surface area (Å²) in [5, 5.41) is 3.60. The van der Waals surface area contributed by atoms with Crippen molar-refractivity contribution in [2.75, 3.05) is 41.9 Å². The Labute approximate surface area is 185 Å². The molecule has 1 saturated heterocycles. The van der Waals surface area contributed by atoms with Crippen molar-refractivity contribution >= 4 is 23.8 Å². The third kappa shape index (κ3) is 3.83. The van der Waals surface area contributed by atoms with Gasteiger partial charge in [0.05, 0.1) is 30.9 Å². The third-order valence-corrected chi connectivity index (χ3v) is 6.00. The number of aromatic nitrogens is 4. The van der Waals surface area contributed by atoms with E-state index in [9.17, 15) is 4.79 Å². The minimum atomic E-state index is 0.195. The molecule has 0 saturated carbocycles. The van der Waals surface area contributed by atoms with Gasteiger partial charge in [-0.1, -0.05) is 0 Å². The van der Waals surface area contributed by atoms with Crippen LogP contribution in [-0.2, 0) is 13.0 Å². The van der Waals surface area contributed by atoms with E-state index in [2.05, 4.69) is 36.2 Å². The maximum atomic E-state index is 10.9. The van der Waals surface area contributed by atoms with Crippen molar-refractivity contribution in [2.45, 2.75) is 32.4 Å². The van der Waals surface area contributed by atoms with Crippen LogP contribution in [0.3, 0.4) is 0 Å². The number of aryl methyl sites for hydroxylation is 1. The van der Waals surface area contributed by atoms with Crippen molar-refractivity contribution in [1.29, 1.82) is 0 Å². The molecule has 0 radical (unpaired) electrons. The normalized spacial score (nSPS) is 17.9. The van der Waals surface area contributed by atoms with E-state index in [-0.39, 0.29) is 11.8 Å². The summed E-state index contributed by atoms with van der Waals surface area (Å²) >= 11 is 0. The van der Waals surface area contributed by atoms with Crippen LogP contribution >= 0.6 is 0 Å². The van der Waals surface area contributed by atoms with Crippen LogP contribution in [0.25, 0.3) is 0 Å². The summed E-state index contributed by atoms with van der Waals surface area (Å²) in [7, 11) is 1.63. The zero-order valence-electron chi connectivity index (χ0n) is 18.1. The number of methoxy groups -OCH3 is 1. The molecule has 10 heteroatoms. The van der Waals surface area contributed by atoms with Crippen LogP contribution in [0.15, 0.2) is 29.2 Å². The van der Waals surface area contributed by atoms with Crippen LogP contribution in [0.4, 0.5) is 17.5 Å². The largest absolute Gasteiger partial charge is 0.481 e. The van der Waals surface area contributed by atoms with Gasteiger partial charge in [0, 0.05) is 49.8 Å². The Morgan fingerprint density at radius 3 is 2.88 bits per heavy atom. The smallest absolute Gasteiger partial charge is 0.297 e. The van der Waals surface area contributed by atoms with E-state index in [1.807, 2.05) is 18.0 Å². The third-order valence-electron chi connectivity index (χ3n) is 6.00. The number of nitrogens with one attached hydrogen (secondary N) is 1. The van der Waals surface area contributed by atoms with Gasteiger partial charge in [0.15, 0.2) is 12.0 Å². The van der Waals surface area contributed by atoms with E-state index in [1.165, 1.54) is 6.20 Å². The molecule has 1 fully saturated rings. The fraction of sp³-hybridized carbons (Fsp3) is 0.409. The van der Waals surface area contributed by atoms with Gasteiger partial charge in [-0.05, 0) is 19.4 Å². The fourth-order valence-corrected chi connectivity index (χ4v) is 4.34. The maximum Gasteiger partial charge on any atom is 0.297 e. The van der Waals surface area contributed by atoms with Gasteiger partial charge in [0.2, 0.25) is 5.88 Å². The van der Waals surface area contributed by atoms with Crippen LogP contribution in [0.2, 0.25) is 0 Å². The predicted molar refractivity (Wildman–Crippen MR) is 118 cm³/mol. The number of hydrogen-bond donors (Lipinski definition) is 1. The van der Waals surface area contributed by atoms with E-state index < -0.39 is 0 Å². The minimum absolute atomic E-state index is 0.195. The quantitative estimate of drug-likeness (QED) is 0.579. The summed E-state index contributed by atoms with van der Waals surface area (Å²) in [6.45, 7) is 5.11. The van der Waals surface area contributed by atoms with Crippen LogP contribution in [-0.4, -0.2) is 59.0 Å². The first-order valence-corrected chi connectivity index (χ1v) is 10.7. The number of anilines is 3. The number of fused-ring (bicyclic) bond motifs is 1. The molecule has 3 aromatic heterocycles. The number of pyridine rings is 1. The van der Waals surface area contributed by atoms with Crippen molar-refractivity contribution in [3.63, 3.8) is 0 Å². The highest BCUT2D eigenvalue weighted by Gasteiger charge is 2.28. The molecule has 0 aliphatic carbocycles. The monoisotopic (exact) mass is 435 g/mol. The SMILES string of the molecule is COc1ncc(N2CCc3ncnc(NC4CCN(c5ncc(C=O)o5)C4)c3C2)cc1C. The summed E-state index contributed by atoms with van der Waals surface area (Å²) in [4.78, 5) is 32.9. The van der Waals surface area contributed by atoms with Gasteiger partial charge in [0.25, 0.3) is 6.01 Å². The van der Waals surface area contributed by atoms with Crippen LogP contribution in [0.1, 0.15) is 33.8 Å².